The summed E-state index contributed by atoms with van der Waals surface area (Å²) in [4.78, 5) is 16.2. The second-order valence-corrected chi connectivity index (χ2v) is 8.88. The maximum absolute atomic E-state index is 12.8. The van der Waals surface area contributed by atoms with Crippen LogP contribution in [0.4, 0.5) is 0 Å². The molecule has 2 aromatic carbocycles. The Morgan fingerprint density at radius 3 is 2.23 bits per heavy atom. The van der Waals surface area contributed by atoms with Crippen molar-refractivity contribution in [3.63, 3.8) is 0 Å². The van der Waals surface area contributed by atoms with Gasteiger partial charge in [0, 0.05) is 31.2 Å². The molecule has 1 amide bonds. The Bertz CT molecular complexity index is 939. The zero-order valence-electron chi connectivity index (χ0n) is 18.3. The first kappa shape index (κ1) is 23.9. The van der Waals surface area contributed by atoms with Crippen LogP contribution in [0.5, 0.6) is 5.75 Å². The minimum absolute atomic E-state index is 0.109. The van der Waals surface area contributed by atoms with Gasteiger partial charge in [0.2, 0.25) is 10.0 Å². The first-order chi connectivity index (χ1) is 14.2. The van der Waals surface area contributed by atoms with Crippen molar-refractivity contribution in [2.24, 2.45) is 0 Å². The number of carbonyl (C=O) groups excluding carboxylic acids is 1. The number of amides is 1. The molecule has 164 valence electrons. The van der Waals surface area contributed by atoms with Crippen molar-refractivity contribution >= 4 is 15.9 Å². The highest BCUT2D eigenvalue weighted by molar-refractivity contribution is 7.89. The van der Waals surface area contributed by atoms with Gasteiger partial charge in [-0.2, -0.15) is 0 Å². The van der Waals surface area contributed by atoms with Crippen LogP contribution in [0.15, 0.2) is 53.4 Å². The summed E-state index contributed by atoms with van der Waals surface area (Å²) in [6.45, 7) is 5.23. The zero-order valence-corrected chi connectivity index (χ0v) is 19.1. The number of benzene rings is 2. The van der Waals surface area contributed by atoms with Crippen molar-refractivity contribution in [1.29, 1.82) is 0 Å². The Labute approximate surface area is 179 Å². The van der Waals surface area contributed by atoms with Crippen LogP contribution in [-0.2, 0) is 10.0 Å². The number of methoxy groups -OCH3 is 1. The third-order valence-corrected chi connectivity index (χ3v) is 6.47. The van der Waals surface area contributed by atoms with E-state index in [1.807, 2.05) is 57.1 Å². The number of sulfonamides is 1. The van der Waals surface area contributed by atoms with Gasteiger partial charge in [-0.05, 0) is 69.9 Å². The molecule has 0 bridgehead atoms. The van der Waals surface area contributed by atoms with Crippen molar-refractivity contribution in [2.75, 3.05) is 40.8 Å². The standard InChI is InChI=1S/C22H31N3O4S/c1-6-25(7-2)22(26)17-11-13-20(14-12-17)30(27,28)23-16-21(24(3)4)18-9-8-10-19(15-18)29-5/h8-15,21,23H,6-7,16H2,1-5H3. The monoisotopic (exact) mass is 433 g/mol. The summed E-state index contributed by atoms with van der Waals surface area (Å²) in [5, 5.41) is 0. The van der Waals surface area contributed by atoms with E-state index in [2.05, 4.69) is 4.72 Å². The van der Waals surface area contributed by atoms with Crippen LogP contribution in [0.2, 0.25) is 0 Å². The van der Waals surface area contributed by atoms with Crippen LogP contribution in [0.25, 0.3) is 0 Å². The maximum atomic E-state index is 12.8. The number of hydrogen-bond acceptors (Lipinski definition) is 5. The molecule has 0 saturated carbocycles. The summed E-state index contributed by atoms with van der Waals surface area (Å²) in [7, 11) is 1.67. The molecule has 0 aromatic heterocycles. The average Bonchev–Trinajstić information content (AvgIpc) is 2.74. The largest absolute Gasteiger partial charge is 0.497 e. The van der Waals surface area contributed by atoms with E-state index in [9.17, 15) is 13.2 Å². The van der Waals surface area contributed by atoms with Gasteiger partial charge in [0.05, 0.1) is 12.0 Å². The molecule has 1 N–H and O–H groups in total. The van der Waals surface area contributed by atoms with Gasteiger partial charge < -0.3 is 14.5 Å². The fourth-order valence-corrected chi connectivity index (χ4v) is 4.23. The lowest BCUT2D eigenvalue weighted by Crippen LogP contribution is -2.34. The van der Waals surface area contributed by atoms with Crippen LogP contribution >= 0.6 is 0 Å². The van der Waals surface area contributed by atoms with Crippen LogP contribution in [0.1, 0.15) is 35.8 Å². The number of nitrogens with one attached hydrogen (secondary N) is 1. The van der Waals surface area contributed by atoms with E-state index in [1.165, 1.54) is 12.1 Å². The van der Waals surface area contributed by atoms with Gasteiger partial charge in [-0.15, -0.1) is 0 Å². The molecule has 0 spiro atoms. The Hall–Kier alpha value is -2.42. The highest BCUT2D eigenvalue weighted by atomic mass is 32.2. The van der Waals surface area contributed by atoms with Gasteiger partial charge in [0.15, 0.2) is 0 Å². The number of rotatable bonds is 10. The molecule has 1 atom stereocenters. The second-order valence-electron chi connectivity index (χ2n) is 7.11. The fraction of sp³-hybridized carbons (Fsp3) is 0.409. The van der Waals surface area contributed by atoms with Crippen molar-refractivity contribution in [3.8, 4) is 5.75 Å². The summed E-state index contributed by atoms with van der Waals surface area (Å²) in [6.07, 6.45) is 0. The van der Waals surface area contributed by atoms with E-state index in [0.717, 1.165) is 11.3 Å². The lowest BCUT2D eigenvalue weighted by Gasteiger charge is -2.25. The number of ether oxygens (including phenoxy) is 1. The zero-order chi connectivity index (χ0) is 22.3. The molecule has 0 heterocycles. The molecule has 0 aliphatic rings. The molecule has 8 heteroatoms. The Kier molecular flexibility index (Phi) is 8.40. The summed E-state index contributed by atoms with van der Waals surface area (Å²) in [5.41, 5.74) is 1.42. The summed E-state index contributed by atoms with van der Waals surface area (Å²) in [5.74, 6) is 0.610. The smallest absolute Gasteiger partial charge is 0.253 e. The van der Waals surface area contributed by atoms with Crippen LogP contribution < -0.4 is 9.46 Å². The number of likely N-dealkylation sites (N-methyl/N-ethyl adjacent to an activating group) is 1. The van der Waals surface area contributed by atoms with Crippen molar-refractivity contribution in [1.82, 2.24) is 14.5 Å². The van der Waals surface area contributed by atoms with Crippen molar-refractivity contribution < 1.29 is 17.9 Å². The predicted molar refractivity (Wildman–Crippen MR) is 118 cm³/mol. The Balaban J connectivity index is 2.15. The van der Waals surface area contributed by atoms with E-state index >= 15 is 0 Å². The predicted octanol–water partition coefficient (Wildman–Crippen LogP) is 2.76. The SMILES string of the molecule is CCN(CC)C(=O)c1ccc(S(=O)(=O)NCC(c2cccc(OC)c2)N(C)C)cc1. The van der Waals surface area contributed by atoms with Gasteiger partial charge in [-0.25, -0.2) is 13.1 Å². The van der Waals surface area contributed by atoms with Gasteiger partial charge >= 0.3 is 0 Å². The molecule has 0 fully saturated rings. The molecule has 2 rings (SSSR count). The highest BCUT2D eigenvalue weighted by Crippen LogP contribution is 2.23. The third-order valence-electron chi connectivity index (χ3n) is 5.03. The number of carbonyl (C=O) groups is 1. The molecule has 2 aromatic rings. The first-order valence-electron chi connectivity index (χ1n) is 9.92. The fourth-order valence-electron chi connectivity index (χ4n) is 3.19. The lowest BCUT2D eigenvalue weighted by molar-refractivity contribution is 0.0773. The molecule has 0 saturated heterocycles. The lowest BCUT2D eigenvalue weighted by atomic mass is 10.1. The Morgan fingerprint density at radius 1 is 1.07 bits per heavy atom. The van der Waals surface area contributed by atoms with Crippen LogP contribution in [0.3, 0.4) is 0 Å². The Morgan fingerprint density at radius 2 is 1.70 bits per heavy atom. The average molecular weight is 434 g/mol. The van der Waals surface area contributed by atoms with E-state index in [0.29, 0.717) is 18.7 Å². The van der Waals surface area contributed by atoms with Crippen LogP contribution in [0, 0.1) is 0 Å². The summed E-state index contributed by atoms with van der Waals surface area (Å²) in [6, 6.07) is 13.4. The number of nitrogens with zero attached hydrogens (tertiary/aromatic N) is 2. The van der Waals surface area contributed by atoms with Gasteiger partial charge in [0.1, 0.15) is 5.75 Å². The molecular weight excluding hydrogens is 402 g/mol. The minimum Gasteiger partial charge on any atom is -0.497 e. The minimum atomic E-state index is -3.72. The summed E-state index contributed by atoms with van der Waals surface area (Å²) < 4.78 is 33.5. The van der Waals surface area contributed by atoms with E-state index < -0.39 is 10.0 Å². The van der Waals surface area contributed by atoms with Crippen molar-refractivity contribution in [2.45, 2.75) is 24.8 Å². The molecule has 0 aliphatic heterocycles. The van der Waals surface area contributed by atoms with Gasteiger partial charge in [-0.1, -0.05) is 12.1 Å². The molecule has 0 radical (unpaired) electrons. The van der Waals surface area contributed by atoms with E-state index in [1.54, 1.807) is 24.1 Å². The molecule has 1 unspecified atom stereocenters. The van der Waals surface area contributed by atoms with E-state index in [4.69, 9.17) is 4.74 Å². The van der Waals surface area contributed by atoms with Gasteiger partial charge in [-0.3, -0.25) is 4.79 Å². The molecule has 7 nitrogen and oxygen atoms in total. The molecule has 0 aliphatic carbocycles. The quantitative estimate of drug-likeness (QED) is 0.623. The first-order valence-corrected chi connectivity index (χ1v) is 11.4. The number of hydrogen-bond donors (Lipinski definition) is 1. The normalized spacial score (nSPS) is 12.6. The topological polar surface area (TPSA) is 79.0 Å². The van der Waals surface area contributed by atoms with Crippen molar-refractivity contribution in [3.05, 3.63) is 59.7 Å². The highest BCUT2D eigenvalue weighted by Gasteiger charge is 2.21. The maximum Gasteiger partial charge on any atom is 0.253 e. The van der Waals surface area contributed by atoms with Gasteiger partial charge in [0.25, 0.3) is 5.91 Å². The molecule has 30 heavy (non-hydrogen) atoms. The molecular formula is C22H31N3O4S. The summed E-state index contributed by atoms with van der Waals surface area (Å²) >= 11 is 0. The van der Waals surface area contributed by atoms with Crippen LogP contribution in [-0.4, -0.2) is 65.0 Å². The van der Waals surface area contributed by atoms with E-state index in [-0.39, 0.29) is 23.4 Å². The second kappa shape index (κ2) is 10.6. The third kappa shape index (κ3) is 5.81.